The minimum atomic E-state index is -1.15. The van der Waals surface area contributed by atoms with E-state index in [-0.39, 0.29) is 24.5 Å². The molecule has 6 N–H and O–H groups in total. The number of nitrogens with two attached hydrogens (primary N) is 1. The van der Waals surface area contributed by atoms with Crippen LogP contribution < -0.4 is 21.7 Å². The van der Waals surface area contributed by atoms with Crippen LogP contribution in [0.5, 0.6) is 0 Å². The number of thiol groups is 1. The number of hydrogen-bond acceptors (Lipinski definition) is 7. The minimum Gasteiger partial charge on any atom is -0.480 e. The molecular weight excluding hydrogens is 512 g/mol. The molecule has 2 aromatic carbocycles. The maximum absolute atomic E-state index is 13.3. The summed E-state index contributed by atoms with van der Waals surface area (Å²) in [5.41, 5.74) is 6.53. The molecule has 0 saturated heterocycles. The van der Waals surface area contributed by atoms with Crippen LogP contribution in [-0.2, 0) is 25.6 Å². The fourth-order valence-corrected chi connectivity index (χ4v) is 4.35. The van der Waals surface area contributed by atoms with E-state index < -0.39 is 47.9 Å². The van der Waals surface area contributed by atoms with Crippen molar-refractivity contribution >= 4 is 58.9 Å². The number of hydrogen-bond donors (Lipinski definition) is 6. The number of aliphatic carboxylic acids is 1. The predicted octanol–water partition coefficient (Wildman–Crippen LogP) is 1.59. The van der Waals surface area contributed by atoms with Gasteiger partial charge in [0.2, 0.25) is 17.7 Å². The van der Waals surface area contributed by atoms with Crippen molar-refractivity contribution in [2.24, 2.45) is 11.7 Å². The second-order valence-electron chi connectivity index (χ2n) is 9.15. The third kappa shape index (κ3) is 9.24. The Morgan fingerprint density at radius 2 is 1.59 bits per heavy atom. The van der Waals surface area contributed by atoms with Crippen LogP contribution in [0.25, 0.3) is 10.8 Å². The number of carbonyl (C=O) groups is 4. The number of amides is 3. The van der Waals surface area contributed by atoms with Gasteiger partial charge >= 0.3 is 5.97 Å². The highest BCUT2D eigenvalue weighted by Crippen LogP contribution is 2.17. The normalized spacial score (nSPS) is 14.4. The summed E-state index contributed by atoms with van der Waals surface area (Å²) in [5, 5.41) is 19.5. The zero-order valence-corrected chi connectivity index (χ0v) is 23.0. The van der Waals surface area contributed by atoms with Gasteiger partial charge in [0.15, 0.2) is 0 Å². The maximum atomic E-state index is 13.3. The van der Waals surface area contributed by atoms with Gasteiger partial charge in [-0.25, -0.2) is 4.79 Å². The average Bonchev–Trinajstić information content (AvgIpc) is 2.87. The number of nitrogens with one attached hydrogen (secondary N) is 3. The lowest BCUT2D eigenvalue weighted by molar-refractivity contribution is -0.142. The van der Waals surface area contributed by atoms with Crippen molar-refractivity contribution in [1.29, 1.82) is 0 Å². The van der Waals surface area contributed by atoms with Gasteiger partial charge in [-0.2, -0.15) is 24.4 Å². The molecule has 3 amide bonds. The molecule has 4 atom stereocenters. The molecule has 4 unspecified atom stereocenters. The van der Waals surface area contributed by atoms with Gasteiger partial charge in [0.25, 0.3) is 0 Å². The summed E-state index contributed by atoms with van der Waals surface area (Å²) in [6, 6.07) is 9.49. The van der Waals surface area contributed by atoms with Gasteiger partial charge < -0.3 is 26.8 Å². The van der Waals surface area contributed by atoms with Crippen molar-refractivity contribution in [3.05, 3.63) is 48.0 Å². The zero-order chi connectivity index (χ0) is 27.5. The number of thioether (sulfide) groups is 1. The first-order chi connectivity index (χ1) is 17.6. The Labute approximate surface area is 227 Å². The molecule has 0 saturated carbocycles. The van der Waals surface area contributed by atoms with Gasteiger partial charge in [0.05, 0.1) is 6.04 Å². The van der Waals surface area contributed by atoms with Crippen molar-refractivity contribution < 1.29 is 24.3 Å². The fourth-order valence-electron chi connectivity index (χ4n) is 3.72. The van der Waals surface area contributed by atoms with Crippen LogP contribution in [0.15, 0.2) is 42.5 Å². The van der Waals surface area contributed by atoms with Gasteiger partial charge in [-0.05, 0) is 40.7 Å². The number of carbonyl (C=O) groups excluding carboxylic acids is 3. The lowest BCUT2D eigenvalue weighted by atomic mass is 9.99. The predicted molar refractivity (Wildman–Crippen MR) is 151 cm³/mol. The standard InChI is InChI=1S/C26H36N4O5S2/c1-15(2)22(30-23(31)19(27)14-36)25(33)29-21(24(32)28-20(26(34)35)10-11-37-3)13-16-8-9-17-6-4-5-7-18(17)12-16/h4-9,12,15,19-22,36H,10-11,13-14,27H2,1-3H3,(H,28,32)(H,29,33)(H,30,31)(H,34,35). The molecule has 0 aliphatic carbocycles. The summed E-state index contributed by atoms with van der Waals surface area (Å²) in [5.74, 6) is -2.49. The van der Waals surface area contributed by atoms with E-state index >= 15 is 0 Å². The monoisotopic (exact) mass is 548 g/mol. The van der Waals surface area contributed by atoms with E-state index in [4.69, 9.17) is 5.73 Å². The summed E-state index contributed by atoms with van der Waals surface area (Å²) in [6.07, 6.45) is 2.22. The van der Waals surface area contributed by atoms with E-state index in [9.17, 15) is 24.3 Å². The van der Waals surface area contributed by atoms with Gasteiger partial charge in [-0.1, -0.05) is 56.3 Å². The summed E-state index contributed by atoms with van der Waals surface area (Å²) < 4.78 is 0. The smallest absolute Gasteiger partial charge is 0.326 e. The second-order valence-corrected chi connectivity index (χ2v) is 10.5. The fraction of sp³-hybridized carbons (Fsp3) is 0.462. The van der Waals surface area contributed by atoms with Crippen molar-refractivity contribution in [3.8, 4) is 0 Å². The number of fused-ring (bicyclic) bond motifs is 1. The van der Waals surface area contributed by atoms with E-state index in [1.54, 1.807) is 13.8 Å². The maximum Gasteiger partial charge on any atom is 0.326 e. The van der Waals surface area contributed by atoms with Gasteiger partial charge in [0, 0.05) is 12.2 Å². The van der Waals surface area contributed by atoms with Crippen LogP contribution in [0.1, 0.15) is 25.8 Å². The SMILES string of the molecule is CSCCC(NC(=O)C(Cc1ccc2ccccc2c1)NC(=O)C(NC(=O)C(N)CS)C(C)C)C(=O)O. The van der Waals surface area contributed by atoms with Crippen LogP contribution in [0.3, 0.4) is 0 Å². The van der Waals surface area contributed by atoms with Crippen LogP contribution >= 0.6 is 24.4 Å². The molecule has 0 fully saturated rings. The first kappa shape index (κ1) is 30.5. The molecule has 202 valence electrons. The van der Waals surface area contributed by atoms with Crippen molar-refractivity contribution in [2.75, 3.05) is 17.8 Å². The van der Waals surface area contributed by atoms with Crippen molar-refractivity contribution in [3.63, 3.8) is 0 Å². The second kappa shape index (κ2) is 14.8. The summed E-state index contributed by atoms with van der Waals surface area (Å²) in [7, 11) is 0. The molecular formula is C26H36N4O5S2. The average molecular weight is 549 g/mol. The molecule has 0 aromatic heterocycles. The van der Waals surface area contributed by atoms with Crippen LogP contribution in [0, 0.1) is 5.92 Å². The van der Waals surface area contributed by atoms with Crippen LogP contribution in [0.4, 0.5) is 0 Å². The number of carboxylic acids is 1. The highest BCUT2D eigenvalue weighted by Gasteiger charge is 2.31. The Kier molecular flexibility index (Phi) is 12.2. The van der Waals surface area contributed by atoms with E-state index in [1.165, 1.54) is 11.8 Å². The number of benzene rings is 2. The largest absolute Gasteiger partial charge is 0.480 e. The van der Waals surface area contributed by atoms with E-state index in [0.29, 0.717) is 5.75 Å². The summed E-state index contributed by atoms with van der Waals surface area (Å²) in [4.78, 5) is 50.6. The molecule has 0 heterocycles. The highest BCUT2D eigenvalue weighted by atomic mass is 32.2. The molecule has 0 spiro atoms. The Bertz CT molecular complexity index is 1100. The lowest BCUT2D eigenvalue weighted by Gasteiger charge is -2.27. The van der Waals surface area contributed by atoms with Gasteiger partial charge in [0.1, 0.15) is 18.1 Å². The quantitative estimate of drug-likeness (QED) is 0.196. The van der Waals surface area contributed by atoms with Crippen molar-refractivity contribution in [1.82, 2.24) is 16.0 Å². The van der Waals surface area contributed by atoms with E-state index in [0.717, 1.165) is 16.3 Å². The molecule has 11 heteroatoms. The summed E-state index contributed by atoms with van der Waals surface area (Å²) >= 11 is 5.50. The molecule has 2 rings (SSSR count). The Balaban J connectivity index is 2.31. The van der Waals surface area contributed by atoms with E-state index in [1.807, 2.05) is 48.7 Å². The summed E-state index contributed by atoms with van der Waals surface area (Å²) in [6.45, 7) is 3.52. The Morgan fingerprint density at radius 3 is 2.19 bits per heavy atom. The molecule has 0 aliphatic rings. The first-order valence-corrected chi connectivity index (χ1v) is 14.1. The van der Waals surface area contributed by atoms with Crippen molar-refractivity contribution in [2.45, 2.75) is 50.9 Å². The topological polar surface area (TPSA) is 151 Å². The molecule has 37 heavy (non-hydrogen) atoms. The zero-order valence-electron chi connectivity index (χ0n) is 21.3. The molecule has 0 bridgehead atoms. The van der Waals surface area contributed by atoms with Gasteiger partial charge in [-0.3, -0.25) is 14.4 Å². The van der Waals surface area contributed by atoms with Crippen LogP contribution in [-0.4, -0.2) is 70.7 Å². The minimum absolute atomic E-state index is 0.109. The van der Waals surface area contributed by atoms with Gasteiger partial charge in [-0.15, -0.1) is 0 Å². The lowest BCUT2D eigenvalue weighted by Crippen LogP contribution is -2.59. The first-order valence-electron chi connectivity index (χ1n) is 12.0. The molecule has 9 nitrogen and oxygen atoms in total. The number of carboxylic acid groups (broad SMARTS) is 1. The Morgan fingerprint density at radius 1 is 0.946 bits per heavy atom. The molecule has 2 aromatic rings. The van der Waals surface area contributed by atoms with E-state index in [2.05, 4.69) is 28.6 Å². The molecule has 0 radical (unpaired) electrons. The van der Waals surface area contributed by atoms with Crippen LogP contribution in [0.2, 0.25) is 0 Å². The Hall–Kier alpha value is -2.76. The highest BCUT2D eigenvalue weighted by molar-refractivity contribution is 7.98. The third-order valence-electron chi connectivity index (χ3n) is 5.89. The molecule has 0 aliphatic heterocycles. The third-order valence-corrected chi connectivity index (χ3v) is 6.93. The number of rotatable bonds is 14.